The van der Waals surface area contributed by atoms with Crippen LogP contribution in [0.25, 0.3) is 0 Å². The zero-order chi connectivity index (χ0) is 11.3. The minimum Gasteiger partial charge on any atom is -0.355 e. The summed E-state index contributed by atoms with van der Waals surface area (Å²) in [6.45, 7) is 2.31. The lowest BCUT2D eigenvalue weighted by Gasteiger charge is -2.05. The van der Waals surface area contributed by atoms with Gasteiger partial charge in [0.1, 0.15) is 11.7 Å². The lowest BCUT2D eigenvalue weighted by molar-refractivity contribution is -0.118. The standard InChI is InChI=1S/C11H13ClFNO/c1-8-2-3-10(13)9(6-8)4-5-14-11(15)7-12/h2-3,6H,4-5,7H2,1H3,(H,14,15). The smallest absolute Gasteiger partial charge is 0.234 e. The van der Waals surface area contributed by atoms with Crippen molar-refractivity contribution in [3.8, 4) is 0 Å². The van der Waals surface area contributed by atoms with Gasteiger partial charge < -0.3 is 5.32 Å². The summed E-state index contributed by atoms with van der Waals surface area (Å²) < 4.78 is 13.2. The Hall–Kier alpha value is -1.09. The quantitative estimate of drug-likeness (QED) is 0.787. The average Bonchev–Trinajstić information content (AvgIpc) is 2.23. The van der Waals surface area contributed by atoms with Crippen molar-refractivity contribution in [3.05, 3.63) is 35.1 Å². The van der Waals surface area contributed by atoms with Crippen LogP contribution in [0.15, 0.2) is 18.2 Å². The summed E-state index contributed by atoms with van der Waals surface area (Å²) in [5.41, 5.74) is 1.62. The molecule has 1 N–H and O–H groups in total. The van der Waals surface area contributed by atoms with Gasteiger partial charge >= 0.3 is 0 Å². The van der Waals surface area contributed by atoms with Crippen LogP contribution in [-0.4, -0.2) is 18.3 Å². The Morgan fingerprint density at radius 3 is 2.93 bits per heavy atom. The number of carbonyl (C=O) groups excluding carboxylic acids is 1. The fourth-order valence-corrected chi connectivity index (χ4v) is 1.37. The van der Waals surface area contributed by atoms with E-state index in [-0.39, 0.29) is 17.6 Å². The van der Waals surface area contributed by atoms with Crippen molar-refractivity contribution >= 4 is 17.5 Å². The van der Waals surface area contributed by atoms with Crippen LogP contribution in [0.3, 0.4) is 0 Å². The monoisotopic (exact) mass is 229 g/mol. The van der Waals surface area contributed by atoms with Gasteiger partial charge in [0.25, 0.3) is 0 Å². The molecule has 0 spiro atoms. The van der Waals surface area contributed by atoms with Crippen LogP contribution in [0.4, 0.5) is 4.39 Å². The second-order valence-corrected chi connectivity index (χ2v) is 3.60. The number of halogens is 2. The Balaban J connectivity index is 2.50. The molecule has 15 heavy (non-hydrogen) atoms. The number of benzene rings is 1. The molecule has 0 aromatic heterocycles. The molecule has 1 aromatic carbocycles. The molecule has 1 aromatic rings. The molecule has 0 fully saturated rings. The Labute approximate surface area is 93.4 Å². The van der Waals surface area contributed by atoms with Crippen molar-refractivity contribution in [1.82, 2.24) is 5.32 Å². The van der Waals surface area contributed by atoms with Gasteiger partial charge in [-0.05, 0) is 25.0 Å². The average molecular weight is 230 g/mol. The first-order chi connectivity index (χ1) is 7.13. The van der Waals surface area contributed by atoms with Gasteiger partial charge in [-0.25, -0.2) is 4.39 Å². The number of alkyl halides is 1. The maximum Gasteiger partial charge on any atom is 0.234 e. The van der Waals surface area contributed by atoms with Crippen LogP contribution in [0.5, 0.6) is 0 Å². The Kier molecular flexibility index (Phi) is 4.56. The third-order valence-corrected chi connectivity index (χ3v) is 2.28. The predicted molar refractivity (Wildman–Crippen MR) is 58.6 cm³/mol. The SMILES string of the molecule is Cc1ccc(F)c(CCNC(=O)CCl)c1. The third kappa shape index (κ3) is 3.88. The fraction of sp³-hybridized carbons (Fsp3) is 0.364. The molecule has 2 nitrogen and oxygen atoms in total. The Bertz CT molecular complexity index is 354. The summed E-state index contributed by atoms with van der Waals surface area (Å²) in [5, 5.41) is 2.59. The normalized spacial score (nSPS) is 10.1. The van der Waals surface area contributed by atoms with Crippen molar-refractivity contribution < 1.29 is 9.18 Å². The van der Waals surface area contributed by atoms with E-state index in [9.17, 15) is 9.18 Å². The molecule has 82 valence electrons. The van der Waals surface area contributed by atoms with Crippen molar-refractivity contribution in [1.29, 1.82) is 0 Å². The minimum atomic E-state index is -0.235. The highest BCUT2D eigenvalue weighted by atomic mass is 35.5. The van der Waals surface area contributed by atoms with E-state index in [4.69, 9.17) is 11.6 Å². The highest BCUT2D eigenvalue weighted by molar-refractivity contribution is 6.27. The van der Waals surface area contributed by atoms with E-state index in [1.165, 1.54) is 6.07 Å². The first kappa shape index (κ1) is 12.0. The van der Waals surface area contributed by atoms with E-state index in [0.29, 0.717) is 18.5 Å². The Morgan fingerprint density at radius 1 is 1.53 bits per heavy atom. The van der Waals surface area contributed by atoms with E-state index < -0.39 is 0 Å². The summed E-state index contributed by atoms with van der Waals surface area (Å²) in [6.07, 6.45) is 0.482. The van der Waals surface area contributed by atoms with Crippen LogP contribution >= 0.6 is 11.6 Å². The van der Waals surface area contributed by atoms with E-state index in [0.717, 1.165) is 5.56 Å². The predicted octanol–water partition coefficient (Wildman–Crippen LogP) is 2.03. The summed E-state index contributed by atoms with van der Waals surface area (Å²) >= 11 is 5.30. The number of aryl methyl sites for hydroxylation is 1. The van der Waals surface area contributed by atoms with Crippen molar-refractivity contribution in [2.45, 2.75) is 13.3 Å². The van der Waals surface area contributed by atoms with Crippen molar-refractivity contribution in [2.24, 2.45) is 0 Å². The zero-order valence-corrected chi connectivity index (χ0v) is 9.27. The van der Waals surface area contributed by atoms with Gasteiger partial charge in [-0.1, -0.05) is 17.7 Å². The highest BCUT2D eigenvalue weighted by Crippen LogP contribution is 2.09. The molecule has 0 bridgehead atoms. The first-order valence-corrected chi connectivity index (χ1v) is 5.24. The van der Waals surface area contributed by atoms with Gasteiger partial charge in [0.2, 0.25) is 5.91 Å². The minimum absolute atomic E-state index is 0.0592. The molecule has 0 unspecified atom stereocenters. The number of rotatable bonds is 4. The molecule has 0 heterocycles. The molecule has 0 aliphatic carbocycles. The van der Waals surface area contributed by atoms with Crippen molar-refractivity contribution in [3.63, 3.8) is 0 Å². The van der Waals surface area contributed by atoms with E-state index in [2.05, 4.69) is 5.32 Å². The van der Waals surface area contributed by atoms with E-state index >= 15 is 0 Å². The second-order valence-electron chi connectivity index (χ2n) is 3.33. The number of hydrogen-bond donors (Lipinski definition) is 1. The van der Waals surface area contributed by atoms with Crippen molar-refractivity contribution in [2.75, 3.05) is 12.4 Å². The van der Waals surface area contributed by atoms with Crippen LogP contribution < -0.4 is 5.32 Å². The van der Waals surface area contributed by atoms with E-state index in [1.807, 2.05) is 6.92 Å². The maximum atomic E-state index is 13.2. The number of hydrogen-bond acceptors (Lipinski definition) is 1. The molecule has 0 saturated carbocycles. The Morgan fingerprint density at radius 2 is 2.27 bits per heavy atom. The second kappa shape index (κ2) is 5.71. The van der Waals surface area contributed by atoms with Crippen LogP contribution in [0.2, 0.25) is 0 Å². The van der Waals surface area contributed by atoms with Gasteiger partial charge in [0.15, 0.2) is 0 Å². The maximum absolute atomic E-state index is 13.2. The summed E-state index contributed by atoms with van der Waals surface area (Å²) in [5.74, 6) is -0.526. The highest BCUT2D eigenvalue weighted by Gasteiger charge is 2.03. The van der Waals surface area contributed by atoms with Gasteiger partial charge in [-0.3, -0.25) is 4.79 Å². The van der Waals surface area contributed by atoms with Crippen LogP contribution in [0, 0.1) is 12.7 Å². The molecule has 0 aliphatic heterocycles. The fourth-order valence-electron chi connectivity index (χ4n) is 1.28. The molecule has 0 atom stereocenters. The topological polar surface area (TPSA) is 29.1 Å². The number of nitrogens with one attached hydrogen (secondary N) is 1. The zero-order valence-electron chi connectivity index (χ0n) is 8.52. The first-order valence-electron chi connectivity index (χ1n) is 4.71. The summed E-state index contributed by atoms with van der Waals surface area (Å²) in [7, 11) is 0. The largest absolute Gasteiger partial charge is 0.355 e. The molecular formula is C11H13ClFNO. The molecule has 0 saturated heterocycles. The number of carbonyl (C=O) groups is 1. The molecular weight excluding hydrogens is 217 g/mol. The van der Waals surface area contributed by atoms with Gasteiger partial charge in [-0.2, -0.15) is 0 Å². The number of amides is 1. The molecule has 4 heteroatoms. The van der Waals surface area contributed by atoms with Gasteiger partial charge in [0, 0.05) is 6.54 Å². The van der Waals surface area contributed by atoms with E-state index in [1.54, 1.807) is 12.1 Å². The third-order valence-electron chi connectivity index (χ3n) is 2.04. The van der Waals surface area contributed by atoms with Crippen LogP contribution in [0.1, 0.15) is 11.1 Å². The molecule has 0 radical (unpaired) electrons. The molecule has 1 amide bonds. The summed E-state index contributed by atoms with van der Waals surface area (Å²) in [6, 6.07) is 4.94. The summed E-state index contributed by atoms with van der Waals surface area (Å²) in [4.78, 5) is 10.8. The van der Waals surface area contributed by atoms with Crippen LogP contribution in [-0.2, 0) is 11.2 Å². The lowest BCUT2D eigenvalue weighted by atomic mass is 10.1. The molecule has 1 rings (SSSR count). The molecule has 0 aliphatic rings. The lowest BCUT2D eigenvalue weighted by Crippen LogP contribution is -2.26. The van der Waals surface area contributed by atoms with Gasteiger partial charge in [0.05, 0.1) is 0 Å². The van der Waals surface area contributed by atoms with Gasteiger partial charge in [-0.15, -0.1) is 11.6 Å².